The van der Waals surface area contributed by atoms with Crippen molar-refractivity contribution in [2.75, 3.05) is 0 Å². The molecular formula is C16H18F2O2. The van der Waals surface area contributed by atoms with Gasteiger partial charge in [0.1, 0.15) is 18.1 Å². The number of carbonyl (C=O) groups is 1. The van der Waals surface area contributed by atoms with Crippen LogP contribution in [0, 0.1) is 5.92 Å². The Bertz CT molecular complexity index is 541. The van der Waals surface area contributed by atoms with Crippen molar-refractivity contribution in [3.63, 3.8) is 0 Å². The highest BCUT2D eigenvalue weighted by molar-refractivity contribution is 5.99. The molecule has 4 heteroatoms. The molecule has 3 unspecified atom stereocenters. The van der Waals surface area contributed by atoms with Crippen LogP contribution in [0.15, 0.2) is 46.9 Å². The van der Waals surface area contributed by atoms with Gasteiger partial charge in [0.25, 0.3) is 0 Å². The third kappa shape index (κ3) is 3.31. The van der Waals surface area contributed by atoms with E-state index in [4.69, 9.17) is 0 Å². The van der Waals surface area contributed by atoms with Crippen LogP contribution in [0.1, 0.15) is 26.7 Å². The molecule has 2 aliphatic rings. The SMILES string of the molecule is CC1=CC(C(O)C(=O)C2=CC(F)=CC(F)C2)CC(C)=C1. The third-order valence-corrected chi connectivity index (χ3v) is 3.57. The van der Waals surface area contributed by atoms with E-state index in [0.29, 0.717) is 6.42 Å². The quantitative estimate of drug-likeness (QED) is 0.860. The predicted molar refractivity (Wildman–Crippen MR) is 73.4 cm³/mol. The minimum Gasteiger partial charge on any atom is -0.384 e. The van der Waals surface area contributed by atoms with Crippen LogP contribution < -0.4 is 0 Å². The lowest BCUT2D eigenvalue weighted by Gasteiger charge is -2.24. The molecule has 0 saturated heterocycles. The average molecular weight is 280 g/mol. The zero-order valence-corrected chi connectivity index (χ0v) is 11.6. The number of alkyl halides is 1. The van der Waals surface area contributed by atoms with Crippen molar-refractivity contribution in [3.05, 3.63) is 46.9 Å². The highest BCUT2D eigenvalue weighted by Crippen LogP contribution is 2.29. The number of carbonyl (C=O) groups excluding carboxylic acids is 1. The largest absolute Gasteiger partial charge is 0.384 e. The lowest BCUT2D eigenvalue weighted by molar-refractivity contribution is -0.125. The van der Waals surface area contributed by atoms with E-state index in [1.807, 2.05) is 26.0 Å². The van der Waals surface area contributed by atoms with Crippen LogP contribution in [0.25, 0.3) is 0 Å². The molecule has 0 heterocycles. The van der Waals surface area contributed by atoms with Gasteiger partial charge in [-0.1, -0.05) is 23.3 Å². The van der Waals surface area contributed by atoms with E-state index >= 15 is 0 Å². The molecule has 0 amide bonds. The van der Waals surface area contributed by atoms with Gasteiger partial charge in [-0.05, 0) is 32.4 Å². The summed E-state index contributed by atoms with van der Waals surface area (Å²) in [5, 5.41) is 10.2. The molecule has 0 spiro atoms. The summed E-state index contributed by atoms with van der Waals surface area (Å²) in [5.41, 5.74) is 2.08. The average Bonchev–Trinajstić information content (AvgIpc) is 2.34. The van der Waals surface area contributed by atoms with E-state index in [1.165, 1.54) is 0 Å². The van der Waals surface area contributed by atoms with Crippen LogP contribution in [0.4, 0.5) is 8.78 Å². The van der Waals surface area contributed by atoms with Gasteiger partial charge in [0.05, 0.1) is 0 Å². The molecule has 3 atom stereocenters. The number of aliphatic hydroxyl groups excluding tert-OH is 1. The van der Waals surface area contributed by atoms with E-state index in [0.717, 1.165) is 23.3 Å². The van der Waals surface area contributed by atoms with E-state index in [9.17, 15) is 18.7 Å². The first kappa shape index (κ1) is 14.9. The van der Waals surface area contributed by atoms with E-state index in [2.05, 4.69) is 0 Å². The predicted octanol–water partition coefficient (Wildman–Crippen LogP) is 3.35. The summed E-state index contributed by atoms with van der Waals surface area (Å²) >= 11 is 0. The number of hydrogen-bond acceptors (Lipinski definition) is 2. The molecular weight excluding hydrogens is 262 g/mol. The third-order valence-electron chi connectivity index (χ3n) is 3.57. The van der Waals surface area contributed by atoms with Gasteiger partial charge in [0.2, 0.25) is 0 Å². The van der Waals surface area contributed by atoms with E-state index in [1.54, 1.807) is 0 Å². The topological polar surface area (TPSA) is 37.3 Å². The molecule has 20 heavy (non-hydrogen) atoms. The first-order valence-corrected chi connectivity index (χ1v) is 6.66. The molecule has 2 aliphatic carbocycles. The van der Waals surface area contributed by atoms with Gasteiger partial charge in [-0.2, -0.15) is 0 Å². The van der Waals surface area contributed by atoms with Crippen LogP contribution in [0.5, 0.6) is 0 Å². The summed E-state index contributed by atoms with van der Waals surface area (Å²) in [6.07, 6.45) is 3.33. The van der Waals surface area contributed by atoms with Crippen molar-refractivity contribution in [1.82, 2.24) is 0 Å². The van der Waals surface area contributed by atoms with Gasteiger partial charge in [-0.3, -0.25) is 4.79 Å². The summed E-state index contributed by atoms with van der Waals surface area (Å²) in [4.78, 5) is 12.2. The van der Waals surface area contributed by atoms with Gasteiger partial charge >= 0.3 is 0 Å². The smallest absolute Gasteiger partial charge is 0.188 e. The number of hydrogen-bond donors (Lipinski definition) is 1. The molecule has 0 bridgehead atoms. The fraction of sp³-hybridized carbons (Fsp3) is 0.438. The number of aliphatic hydroxyl groups is 1. The van der Waals surface area contributed by atoms with Crippen LogP contribution in [0.3, 0.4) is 0 Å². The van der Waals surface area contributed by atoms with Crippen LogP contribution >= 0.6 is 0 Å². The molecule has 0 radical (unpaired) electrons. The van der Waals surface area contributed by atoms with Gasteiger partial charge in [0, 0.05) is 17.9 Å². The van der Waals surface area contributed by atoms with E-state index < -0.39 is 23.9 Å². The number of Topliss-reactive ketones (excluding diaryl/α,β-unsaturated/α-hetero) is 1. The zero-order chi connectivity index (χ0) is 14.9. The van der Waals surface area contributed by atoms with E-state index in [-0.39, 0.29) is 17.9 Å². The first-order chi connectivity index (χ1) is 9.36. The van der Waals surface area contributed by atoms with Crippen molar-refractivity contribution in [3.8, 4) is 0 Å². The van der Waals surface area contributed by atoms with Crippen molar-refractivity contribution in [2.24, 2.45) is 5.92 Å². The maximum atomic E-state index is 13.3. The Hall–Kier alpha value is -1.55. The molecule has 2 rings (SSSR count). The Balaban J connectivity index is 2.14. The molecule has 0 aromatic rings. The maximum absolute atomic E-state index is 13.3. The summed E-state index contributed by atoms with van der Waals surface area (Å²) < 4.78 is 26.4. The zero-order valence-electron chi connectivity index (χ0n) is 11.6. The summed E-state index contributed by atoms with van der Waals surface area (Å²) in [6, 6.07) is 0. The number of halogens is 2. The minimum absolute atomic E-state index is 0.0169. The highest BCUT2D eigenvalue weighted by atomic mass is 19.1. The van der Waals surface area contributed by atoms with Crippen molar-refractivity contribution in [1.29, 1.82) is 0 Å². The monoisotopic (exact) mass is 280 g/mol. The molecule has 0 fully saturated rings. The highest BCUT2D eigenvalue weighted by Gasteiger charge is 2.30. The molecule has 108 valence electrons. The molecule has 2 nitrogen and oxygen atoms in total. The first-order valence-electron chi connectivity index (χ1n) is 6.66. The van der Waals surface area contributed by atoms with Gasteiger partial charge in [-0.25, -0.2) is 8.78 Å². The number of ketones is 1. The minimum atomic E-state index is -1.50. The van der Waals surface area contributed by atoms with Crippen molar-refractivity contribution >= 4 is 5.78 Å². The van der Waals surface area contributed by atoms with Crippen molar-refractivity contribution < 1.29 is 18.7 Å². The van der Waals surface area contributed by atoms with Gasteiger partial charge in [0.15, 0.2) is 5.78 Å². The molecule has 0 aromatic heterocycles. The van der Waals surface area contributed by atoms with Crippen molar-refractivity contribution in [2.45, 2.75) is 39.0 Å². The Morgan fingerprint density at radius 2 is 2.00 bits per heavy atom. The summed E-state index contributed by atoms with van der Waals surface area (Å²) in [5.74, 6) is -1.68. The summed E-state index contributed by atoms with van der Waals surface area (Å²) in [7, 11) is 0. The fourth-order valence-corrected chi connectivity index (χ4v) is 2.74. The molecule has 0 aromatic carbocycles. The lowest BCUT2D eigenvalue weighted by atomic mass is 9.83. The Morgan fingerprint density at radius 1 is 1.30 bits per heavy atom. The molecule has 0 aliphatic heterocycles. The molecule has 1 N–H and O–H groups in total. The fourth-order valence-electron chi connectivity index (χ4n) is 2.74. The maximum Gasteiger partial charge on any atom is 0.188 e. The second kappa shape index (κ2) is 5.83. The van der Waals surface area contributed by atoms with Gasteiger partial charge in [-0.15, -0.1) is 0 Å². The van der Waals surface area contributed by atoms with Crippen LogP contribution in [-0.2, 0) is 4.79 Å². The van der Waals surface area contributed by atoms with Crippen LogP contribution in [-0.4, -0.2) is 23.2 Å². The number of allylic oxidation sites excluding steroid dienone is 6. The lowest BCUT2D eigenvalue weighted by Crippen LogP contribution is -2.32. The Kier molecular flexibility index (Phi) is 4.33. The normalized spacial score (nSPS) is 28.1. The second-order valence-electron chi connectivity index (χ2n) is 5.52. The Morgan fingerprint density at radius 3 is 2.60 bits per heavy atom. The van der Waals surface area contributed by atoms with Crippen LogP contribution in [0.2, 0.25) is 0 Å². The number of rotatable bonds is 3. The Labute approximate surface area is 117 Å². The second-order valence-corrected chi connectivity index (χ2v) is 5.52. The standard InChI is InChI=1S/C16H18F2O2/c1-9-3-10(2)5-11(4-9)15(19)16(20)12-6-13(17)8-14(18)7-12/h3-4,6,8,11,14-15,19H,5,7H2,1-2H3. The summed E-state index contributed by atoms with van der Waals surface area (Å²) in [6.45, 7) is 3.83. The molecule has 0 saturated carbocycles. The van der Waals surface area contributed by atoms with Gasteiger partial charge < -0.3 is 5.11 Å².